The lowest BCUT2D eigenvalue weighted by Crippen LogP contribution is -2.11. The van der Waals surface area contributed by atoms with Crippen molar-refractivity contribution in [1.29, 1.82) is 0 Å². The number of hydrogen-bond donors (Lipinski definition) is 0. The van der Waals surface area contributed by atoms with Gasteiger partial charge in [0, 0.05) is 0 Å². The Hall–Kier alpha value is 0.947. The Morgan fingerprint density at radius 1 is 1.00 bits per heavy atom. The molecule has 2 heteroatoms. The fourth-order valence-electron chi connectivity index (χ4n) is 0.667. The molecule has 0 aromatic rings. The molecule has 0 atom stereocenters. The van der Waals surface area contributed by atoms with Crippen LogP contribution in [0.5, 0.6) is 0 Å². The molecule has 1 radical (unpaired) electrons. The average Bonchev–Trinajstić information content (AvgIpc) is 1.64. The van der Waals surface area contributed by atoms with E-state index in [1.807, 2.05) is 0 Å². The number of hydrogen-bond acceptors (Lipinski definition) is 0. The standard InChI is InChI=1S/C6H14ISi/c1-5(2)8(7)6(3)4/h5-6H,1-4H3. The van der Waals surface area contributed by atoms with E-state index < -0.39 is 0 Å². The lowest BCUT2D eigenvalue weighted by atomic mass is 10.5. The van der Waals surface area contributed by atoms with Crippen LogP contribution in [0.2, 0.25) is 11.1 Å². The Morgan fingerprint density at radius 3 is 1.25 bits per heavy atom. The average molecular weight is 241 g/mol. The first kappa shape index (κ1) is 8.95. The van der Waals surface area contributed by atoms with Crippen LogP contribution in [0, 0.1) is 0 Å². The van der Waals surface area contributed by atoms with Crippen LogP contribution in [0.15, 0.2) is 0 Å². The Labute approximate surface area is 66.9 Å². The number of halogens is 1. The summed E-state index contributed by atoms with van der Waals surface area (Å²) < 4.78 is 0. The first-order chi connectivity index (χ1) is 3.55. The zero-order valence-electron chi connectivity index (χ0n) is 6.03. The van der Waals surface area contributed by atoms with Crippen LogP contribution >= 0.6 is 21.8 Å². The van der Waals surface area contributed by atoms with E-state index in [1.165, 1.54) is 0 Å². The van der Waals surface area contributed by atoms with Crippen molar-refractivity contribution in [2.24, 2.45) is 0 Å². The fourth-order valence-corrected chi connectivity index (χ4v) is 2.00. The number of rotatable bonds is 2. The van der Waals surface area contributed by atoms with Gasteiger partial charge in [0.25, 0.3) is 0 Å². The summed E-state index contributed by atoms with van der Waals surface area (Å²) in [4.78, 5) is 0. The van der Waals surface area contributed by atoms with Gasteiger partial charge in [-0.1, -0.05) is 27.7 Å². The molecule has 0 aliphatic rings. The van der Waals surface area contributed by atoms with Crippen molar-refractivity contribution in [2.75, 3.05) is 0 Å². The highest BCUT2D eigenvalue weighted by Gasteiger charge is 2.15. The summed E-state index contributed by atoms with van der Waals surface area (Å²) in [7, 11) is 0. The third kappa shape index (κ3) is 3.07. The van der Waals surface area contributed by atoms with Gasteiger partial charge in [0.2, 0.25) is 0 Å². The molecule has 0 aromatic heterocycles. The minimum Gasteiger partial charge on any atom is -0.121 e. The van der Waals surface area contributed by atoms with Gasteiger partial charge in [-0.15, -0.1) is 21.8 Å². The molecule has 0 saturated carbocycles. The topological polar surface area (TPSA) is 0 Å². The highest BCUT2D eigenvalue weighted by atomic mass is 127. The predicted octanol–water partition coefficient (Wildman–Crippen LogP) is 3.23. The van der Waals surface area contributed by atoms with Gasteiger partial charge in [-0.05, 0) is 11.1 Å². The Bertz CT molecular complexity index is 53.5. The van der Waals surface area contributed by atoms with Crippen molar-refractivity contribution in [1.82, 2.24) is 0 Å². The molecule has 0 aliphatic heterocycles. The molecule has 0 nitrogen and oxygen atoms in total. The second-order valence-electron chi connectivity index (χ2n) is 2.69. The summed E-state index contributed by atoms with van der Waals surface area (Å²) in [5, 5.41) is 0. The molecule has 8 heavy (non-hydrogen) atoms. The molecule has 0 aliphatic carbocycles. The van der Waals surface area contributed by atoms with Crippen LogP contribution in [0.3, 0.4) is 0 Å². The highest BCUT2D eigenvalue weighted by Crippen LogP contribution is 2.24. The van der Waals surface area contributed by atoms with E-state index in [4.69, 9.17) is 0 Å². The normalized spacial score (nSPS) is 12.0. The van der Waals surface area contributed by atoms with Crippen LogP contribution in [-0.2, 0) is 0 Å². The van der Waals surface area contributed by atoms with Crippen molar-refractivity contribution in [3.8, 4) is 0 Å². The molecule has 0 heterocycles. The molecular weight excluding hydrogens is 227 g/mol. The quantitative estimate of drug-likeness (QED) is 0.395. The zero-order valence-corrected chi connectivity index (χ0v) is 9.19. The molecule has 0 bridgehead atoms. The Morgan fingerprint density at radius 2 is 1.25 bits per heavy atom. The summed E-state index contributed by atoms with van der Waals surface area (Å²) in [6.45, 7) is 9.28. The molecule has 0 unspecified atom stereocenters. The maximum absolute atomic E-state index is 2.62. The van der Waals surface area contributed by atoms with Crippen LogP contribution in [0.25, 0.3) is 0 Å². The van der Waals surface area contributed by atoms with E-state index in [-0.39, 0.29) is 6.29 Å². The van der Waals surface area contributed by atoms with Crippen LogP contribution < -0.4 is 0 Å². The third-order valence-corrected chi connectivity index (χ3v) is 10.8. The van der Waals surface area contributed by atoms with E-state index in [9.17, 15) is 0 Å². The lowest BCUT2D eigenvalue weighted by molar-refractivity contribution is 0.968. The summed E-state index contributed by atoms with van der Waals surface area (Å²) in [6.07, 6.45) is -0.0537. The molecule has 0 amide bonds. The van der Waals surface area contributed by atoms with Crippen molar-refractivity contribution in [3.05, 3.63) is 0 Å². The van der Waals surface area contributed by atoms with Gasteiger partial charge in [-0.2, -0.15) is 0 Å². The maximum atomic E-state index is 2.62. The smallest absolute Gasteiger partial charge is 0.121 e. The zero-order chi connectivity index (χ0) is 6.73. The molecule has 49 valence electrons. The highest BCUT2D eigenvalue weighted by molar-refractivity contribution is 14.1. The van der Waals surface area contributed by atoms with Crippen LogP contribution in [0.1, 0.15) is 27.7 Å². The molecule has 0 saturated heterocycles. The molecule has 0 N–H and O–H groups in total. The van der Waals surface area contributed by atoms with Gasteiger partial charge in [0.15, 0.2) is 0 Å². The summed E-state index contributed by atoms with van der Waals surface area (Å²) >= 11 is 2.62. The first-order valence-electron chi connectivity index (χ1n) is 3.08. The lowest BCUT2D eigenvalue weighted by Gasteiger charge is -2.13. The van der Waals surface area contributed by atoms with E-state index in [2.05, 4.69) is 49.5 Å². The van der Waals surface area contributed by atoms with E-state index >= 15 is 0 Å². The second-order valence-corrected chi connectivity index (χ2v) is 9.51. The van der Waals surface area contributed by atoms with Crippen molar-refractivity contribution in [2.45, 2.75) is 38.8 Å². The maximum Gasteiger partial charge on any atom is 0.135 e. The monoisotopic (exact) mass is 241 g/mol. The molecule has 0 spiro atoms. The van der Waals surface area contributed by atoms with E-state index in [0.717, 1.165) is 11.1 Å². The molecule has 0 fully saturated rings. The Kier molecular flexibility index (Phi) is 4.33. The summed E-state index contributed by atoms with van der Waals surface area (Å²) in [5.74, 6) is 0. The first-order valence-corrected chi connectivity index (χ1v) is 7.84. The molecular formula is C6H14ISi. The van der Waals surface area contributed by atoms with Crippen LogP contribution in [-0.4, -0.2) is 6.29 Å². The largest absolute Gasteiger partial charge is 0.135 e. The SMILES string of the molecule is CC(C)[Si](I)C(C)C. The summed E-state index contributed by atoms with van der Waals surface area (Å²) in [6, 6.07) is 0. The fraction of sp³-hybridized carbons (Fsp3) is 1.00. The second kappa shape index (κ2) is 3.88. The van der Waals surface area contributed by atoms with Crippen molar-refractivity contribution in [3.63, 3.8) is 0 Å². The third-order valence-electron chi connectivity index (χ3n) is 1.10. The minimum absolute atomic E-state index is 0.0537. The predicted molar refractivity (Wildman–Crippen MR) is 50.0 cm³/mol. The van der Waals surface area contributed by atoms with Gasteiger partial charge in [0.1, 0.15) is 6.29 Å². The summed E-state index contributed by atoms with van der Waals surface area (Å²) in [5.41, 5.74) is 1.86. The van der Waals surface area contributed by atoms with Crippen LogP contribution in [0.4, 0.5) is 0 Å². The van der Waals surface area contributed by atoms with Crippen molar-refractivity contribution >= 4 is 28.1 Å². The van der Waals surface area contributed by atoms with Gasteiger partial charge in [-0.3, -0.25) is 0 Å². The van der Waals surface area contributed by atoms with Gasteiger partial charge in [-0.25, -0.2) is 0 Å². The van der Waals surface area contributed by atoms with E-state index in [0.29, 0.717) is 0 Å². The minimum atomic E-state index is -0.0537. The molecule has 0 aromatic carbocycles. The van der Waals surface area contributed by atoms with Gasteiger partial charge in [0.05, 0.1) is 0 Å². The molecule has 0 rings (SSSR count). The van der Waals surface area contributed by atoms with Gasteiger partial charge < -0.3 is 0 Å². The Balaban J connectivity index is 3.46. The van der Waals surface area contributed by atoms with Gasteiger partial charge >= 0.3 is 0 Å². The van der Waals surface area contributed by atoms with E-state index in [1.54, 1.807) is 0 Å². The van der Waals surface area contributed by atoms with Crippen molar-refractivity contribution < 1.29 is 0 Å².